The van der Waals surface area contributed by atoms with E-state index < -0.39 is 102 Å². The average Bonchev–Trinajstić information content (AvgIpc) is 1.54. The van der Waals surface area contributed by atoms with E-state index in [4.69, 9.17) is 5.48 Å². The van der Waals surface area contributed by atoms with Crippen LogP contribution in [-0.2, 0) is 16.2 Å². The fraction of sp³-hybridized carbons (Fsp3) is 0.115. The summed E-state index contributed by atoms with van der Waals surface area (Å²) in [6.07, 6.45) is 0. The minimum atomic E-state index is -0.792. The second-order valence-electron chi connectivity index (χ2n) is 31.7. The summed E-state index contributed by atoms with van der Waals surface area (Å²) >= 11 is 0. The van der Waals surface area contributed by atoms with Crippen LogP contribution in [0.15, 0.2) is 333 Å². The van der Waals surface area contributed by atoms with E-state index in [1.165, 1.54) is 9.13 Å². The summed E-state index contributed by atoms with van der Waals surface area (Å²) in [4.78, 5) is 8.42. The highest BCUT2D eigenvalue weighted by atomic mass is 15.2. The zero-order valence-corrected chi connectivity index (χ0v) is 63.1. The molecule has 0 bridgehead atoms. The molecule has 0 N–H and O–H groups in total. The molecule has 0 saturated carbocycles. The van der Waals surface area contributed by atoms with Crippen molar-refractivity contribution in [2.24, 2.45) is 0 Å². The van der Waals surface area contributed by atoms with E-state index in [0.717, 1.165) is 72.1 Å². The highest BCUT2D eigenvalue weighted by Crippen LogP contribution is 2.53. The Labute approximate surface area is 675 Å². The largest absolute Gasteiger partial charge is 0.309 e. The van der Waals surface area contributed by atoms with Crippen molar-refractivity contribution in [1.82, 2.24) is 18.3 Å². The van der Waals surface area contributed by atoms with E-state index in [0.29, 0.717) is 55.9 Å². The van der Waals surface area contributed by atoms with Crippen LogP contribution in [0.4, 0.5) is 39.8 Å². The first-order valence-electron chi connectivity index (χ1n) is 45.3. The molecule has 112 heavy (non-hydrogen) atoms. The van der Waals surface area contributed by atoms with Gasteiger partial charge in [0, 0.05) is 83.2 Å². The Morgan fingerprint density at radius 3 is 1.09 bits per heavy atom. The zero-order valence-electron chi connectivity index (χ0n) is 79.1. The number of rotatable bonds is 12. The van der Waals surface area contributed by atoms with E-state index in [9.17, 15) is 28.3 Å². The maximum Gasteiger partial charge on any atom is 0.190 e. The molecular weight excluding hydrogens is 1360 g/mol. The third kappa shape index (κ3) is 11.6. The van der Waals surface area contributed by atoms with Gasteiger partial charge in [0.1, 0.15) is 0 Å². The van der Waals surface area contributed by atoms with Crippen molar-refractivity contribution >= 4 is 127 Å². The Morgan fingerprint density at radius 1 is 0.312 bits per heavy atom. The second kappa shape index (κ2) is 26.4. The third-order valence-corrected chi connectivity index (χ3v) is 21.6. The molecule has 15 aromatic carbocycles. The van der Waals surface area contributed by atoms with Gasteiger partial charge in [0.15, 0.2) is 5.69 Å². The second-order valence-corrected chi connectivity index (χ2v) is 31.7. The summed E-state index contributed by atoms with van der Waals surface area (Å²) in [6, 6.07) is 71.4. The predicted molar refractivity (Wildman–Crippen MR) is 471 cm³/mol. The van der Waals surface area contributed by atoms with Gasteiger partial charge in [-0.3, -0.25) is 0 Å². The van der Waals surface area contributed by atoms with Gasteiger partial charge in [-0.25, -0.2) is 4.85 Å². The maximum absolute atomic E-state index is 11.9. The van der Waals surface area contributed by atoms with Crippen molar-refractivity contribution in [3.05, 3.63) is 367 Å². The minimum Gasteiger partial charge on any atom is -0.309 e. The van der Waals surface area contributed by atoms with E-state index in [1.54, 1.807) is 24.3 Å². The van der Waals surface area contributed by atoms with Crippen LogP contribution in [0.5, 0.6) is 0 Å². The van der Waals surface area contributed by atoms with Gasteiger partial charge in [-0.1, -0.05) is 244 Å². The number of hydrogen-bond acceptors (Lipinski definition) is 3. The standard InChI is InChI=1S/C104H82N8/c1-102(2,3)72-49-51-96-88(59-72)90-53-67(66-105)54-98(100(90)111(96)76-35-25-33-70(55-76)68-29-13-11-14-30-68)107(78-37-27-39-80(63-78)109-92-45-21-17-41-84(92)85-42-18-22-46-93(85)109)82-57-74(104(7,8)9)58-83(65-82)108(79-38-28-40-81(64-79)110-94-47-23-19-43-86(94)87-44-20-24-48-95(87)110)99-62-75(106-10)61-91-89-60-73(103(4,5)6)50-52-97(89)112(101(91)99)77-36-26-34-71(56-77)69-31-15-12-16-32-69/h11-65H,1-9H3/i17D,18D,19D,20D,21D,22D,23D,24D,41D,42D,43D,44D,45D,46D,47D,48D. The number of anilines is 6. The Morgan fingerprint density at radius 2 is 0.688 bits per heavy atom. The average molecular weight is 1460 g/mol. The third-order valence-electron chi connectivity index (χ3n) is 21.6. The Balaban J connectivity index is 1.00. The number of fused-ring (bicyclic) bond motifs is 12. The number of para-hydroxylation sites is 4. The van der Waals surface area contributed by atoms with Crippen LogP contribution in [0.1, 0.15) is 106 Å². The maximum atomic E-state index is 11.9. The molecule has 0 amide bonds. The summed E-state index contributed by atoms with van der Waals surface area (Å²) in [7, 11) is 0. The van der Waals surface area contributed by atoms with Gasteiger partial charge in [-0.05, 0) is 212 Å². The summed E-state index contributed by atoms with van der Waals surface area (Å²) in [5.41, 5.74) is 12.6. The van der Waals surface area contributed by atoms with Gasteiger partial charge in [-0.2, -0.15) is 5.26 Å². The molecular formula is C104H82N8. The molecule has 0 fully saturated rings. The van der Waals surface area contributed by atoms with Crippen LogP contribution in [-0.4, -0.2) is 18.3 Å². The molecule has 0 aliphatic carbocycles. The van der Waals surface area contributed by atoms with Crippen molar-refractivity contribution in [2.75, 3.05) is 9.80 Å². The first-order valence-corrected chi connectivity index (χ1v) is 37.3. The van der Waals surface area contributed by atoms with Crippen molar-refractivity contribution < 1.29 is 21.9 Å². The molecule has 4 heterocycles. The normalized spacial score (nSPS) is 14.1. The number of aromatic nitrogens is 4. The van der Waals surface area contributed by atoms with Crippen molar-refractivity contribution in [1.29, 1.82) is 5.26 Å². The molecule has 4 aromatic heterocycles. The van der Waals surface area contributed by atoms with Crippen LogP contribution in [0, 0.1) is 17.9 Å². The molecule has 0 saturated heterocycles. The van der Waals surface area contributed by atoms with Gasteiger partial charge in [-0.15, -0.1) is 0 Å². The fourth-order valence-electron chi connectivity index (χ4n) is 16.1. The molecule has 0 unspecified atom stereocenters. The SMILES string of the molecule is [2H]c1c([2H])c([2H])c2c(c1[2H])c1c([2H])c([2H])c([2H])c([2H])c1n2-c1cccc(N(c2cc(N(c3cccc(-n4c5c([2H])c([2H])c([2H])c([2H])c5c5c([2H])c([2H])c([2H])c([2H])c54)c3)c3cc([N+]#[C-])cc4c5cc(C(C)(C)C)ccc5n(-c5cccc(-c6ccccc6)c5)c34)cc(C(C)(C)C)c2)c2cc(C#N)cc3c4cc(C(C)(C)C)ccc4n(-c4cccc(-c5ccccc5)c4)c23)c1. The monoisotopic (exact) mass is 1460 g/mol. The zero-order chi connectivity index (χ0) is 90.4. The van der Waals surface area contributed by atoms with Gasteiger partial charge < -0.3 is 28.1 Å². The Kier molecular flexibility index (Phi) is 12.5. The number of nitriles is 1. The molecule has 538 valence electrons. The van der Waals surface area contributed by atoms with Crippen LogP contribution in [0.25, 0.3) is 137 Å². The summed E-state index contributed by atoms with van der Waals surface area (Å²) in [6.45, 7) is 28.4. The number of hydrogen-bond donors (Lipinski definition) is 0. The summed E-state index contributed by atoms with van der Waals surface area (Å²) < 4.78 is 158. The molecule has 0 aliphatic heterocycles. The molecule has 19 aromatic rings. The van der Waals surface area contributed by atoms with Crippen LogP contribution >= 0.6 is 0 Å². The van der Waals surface area contributed by atoms with E-state index in [-0.39, 0.29) is 77.1 Å². The highest BCUT2D eigenvalue weighted by molar-refractivity contribution is 6.18. The smallest absolute Gasteiger partial charge is 0.190 e. The fourth-order valence-corrected chi connectivity index (χ4v) is 16.1. The molecule has 0 radical (unpaired) electrons. The van der Waals surface area contributed by atoms with E-state index in [2.05, 4.69) is 192 Å². The number of benzene rings is 15. The molecule has 0 aliphatic rings. The van der Waals surface area contributed by atoms with E-state index in [1.807, 2.05) is 113 Å². The lowest BCUT2D eigenvalue weighted by atomic mass is 9.86. The lowest BCUT2D eigenvalue weighted by molar-refractivity contribution is 0.590. The topological polar surface area (TPSA) is 54.4 Å². The van der Waals surface area contributed by atoms with Crippen LogP contribution in [0.3, 0.4) is 0 Å². The molecule has 8 heteroatoms. The minimum absolute atomic E-state index is 0.103. The van der Waals surface area contributed by atoms with Gasteiger partial charge in [0.25, 0.3) is 0 Å². The molecule has 0 spiro atoms. The lowest BCUT2D eigenvalue weighted by Crippen LogP contribution is -2.19. The van der Waals surface area contributed by atoms with Gasteiger partial charge >= 0.3 is 0 Å². The lowest BCUT2D eigenvalue weighted by Gasteiger charge is -2.33. The van der Waals surface area contributed by atoms with Crippen molar-refractivity contribution in [2.45, 2.75) is 78.6 Å². The first-order chi connectivity index (χ1) is 61.0. The molecule has 19 rings (SSSR count). The van der Waals surface area contributed by atoms with Crippen LogP contribution in [0.2, 0.25) is 0 Å². The summed E-state index contributed by atoms with van der Waals surface area (Å²) in [5.74, 6) is 0. The van der Waals surface area contributed by atoms with Gasteiger partial charge in [0.2, 0.25) is 0 Å². The van der Waals surface area contributed by atoms with Crippen molar-refractivity contribution in [3.63, 3.8) is 0 Å². The number of nitrogens with zero attached hydrogens (tertiary/aromatic N) is 8. The molecule has 8 nitrogen and oxygen atoms in total. The highest BCUT2D eigenvalue weighted by Gasteiger charge is 2.32. The predicted octanol–water partition coefficient (Wildman–Crippen LogP) is 28.7. The van der Waals surface area contributed by atoms with Crippen LogP contribution < -0.4 is 9.80 Å². The Hall–Kier alpha value is -13.9. The Bertz CT molecular complexity index is 7510. The quantitative estimate of drug-likeness (QED) is 0.115. The molecule has 0 atom stereocenters. The van der Waals surface area contributed by atoms with E-state index >= 15 is 0 Å². The first kappa shape index (κ1) is 53.0. The van der Waals surface area contributed by atoms with Crippen molar-refractivity contribution in [3.8, 4) is 51.1 Å². The summed E-state index contributed by atoms with van der Waals surface area (Å²) in [5, 5.41) is 14.5. The van der Waals surface area contributed by atoms with Gasteiger partial charge in [0.05, 0.1) is 95.6 Å².